The molecule has 2 amide bonds. The minimum Gasteiger partial charge on any atom is -0.337 e. The van der Waals surface area contributed by atoms with Gasteiger partial charge in [0.2, 0.25) is 0 Å². The predicted molar refractivity (Wildman–Crippen MR) is 106 cm³/mol. The largest absolute Gasteiger partial charge is 0.337 e. The van der Waals surface area contributed by atoms with Crippen LogP contribution in [0.4, 0.5) is 4.79 Å². The first-order valence-corrected chi connectivity index (χ1v) is 9.53. The second-order valence-electron chi connectivity index (χ2n) is 6.98. The van der Waals surface area contributed by atoms with Gasteiger partial charge in [0.05, 0.1) is 11.6 Å². The standard InChI is InChI=1S/C22H26N4O/c23-14-19-9-6-10-20(13-19)15-24-22(27)25-16-21-11-4-5-12-26(21)17-18-7-2-1-3-8-18/h1-3,6-10,13,21H,4-5,11-12,15-17H2,(H2,24,25,27). The summed E-state index contributed by atoms with van der Waals surface area (Å²) in [6.07, 6.45) is 3.53. The molecule has 1 unspecified atom stereocenters. The summed E-state index contributed by atoms with van der Waals surface area (Å²) in [6, 6.07) is 20.1. The van der Waals surface area contributed by atoms with E-state index in [9.17, 15) is 4.79 Å². The summed E-state index contributed by atoms with van der Waals surface area (Å²) in [5, 5.41) is 14.8. The fourth-order valence-electron chi connectivity index (χ4n) is 3.52. The van der Waals surface area contributed by atoms with Gasteiger partial charge in [-0.3, -0.25) is 4.90 Å². The van der Waals surface area contributed by atoms with E-state index in [-0.39, 0.29) is 6.03 Å². The zero-order valence-electron chi connectivity index (χ0n) is 15.5. The zero-order chi connectivity index (χ0) is 18.9. The summed E-state index contributed by atoms with van der Waals surface area (Å²) in [6.45, 7) is 3.07. The van der Waals surface area contributed by atoms with Gasteiger partial charge in [0.1, 0.15) is 0 Å². The number of likely N-dealkylation sites (tertiary alicyclic amines) is 1. The van der Waals surface area contributed by atoms with Gasteiger partial charge in [0.15, 0.2) is 0 Å². The van der Waals surface area contributed by atoms with Crippen LogP contribution in [0.5, 0.6) is 0 Å². The quantitative estimate of drug-likeness (QED) is 0.827. The van der Waals surface area contributed by atoms with Gasteiger partial charge in [-0.1, -0.05) is 48.9 Å². The number of carbonyl (C=O) groups excluding carboxylic acids is 1. The Morgan fingerprint density at radius 1 is 1.07 bits per heavy atom. The first-order valence-electron chi connectivity index (χ1n) is 9.53. The Morgan fingerprint density at radius 2 is 1.89 bits per heavy atom. The maximum absolute atomic E-state index is 12.2. The van der Waals surface area contributed by atoms with Crippen LogP contribution < -0.4 is 10.6 Å². The highest BCUT2D eigenvalue weighted by Crippen LogP contribution is 2.19. The fraction of sp³-hybridized carbons (Fsp3) is 0.364. The van der Waals surface area contributed by atoms with Gasteiger partial charge >= 0.3 is 6.03 Å². The number of carbonyl (C=O) groups is 1. The molecule has 5 nitrogen and oxygen atoms in total. The van der Waals surface area contributed by atoms with E-state index in [4.69, 9.17) is 5.26 Å². The first kappa shape index (κ1) is 18.9. The summed E-state index contributed by atoms with van der Waals surface area (Å²) in [5.41, 5.74) is 2.84. The molecule has 5 heteroatoms. The number of rotatable bonds is 6. The van der Waals surface area contributed by atoms with Crippen molar-refractivity contribution in [3.63, 3.8) is 0 Å². The van der Waals surface area contributed by atoms with Gasteiger partial charge < -0.3 is 10.6 Å². The third-order valence-electron chi connectivity index (χ3n) is 4.98. The van der Waals surface area contributed by atoms with Crippen LogP contribution in [0, 0.1) is 11.3 Å². The molecule has 0 aromatic heterocycles. The lowest BCUT2D eigenvalue weighted by atomic mass is 10.0. The molecule has 0 radical (unpaired) electrons. The summed E-state index contributed by atoms with van der Waals surface area (Å²) in [7, 11) is 0. The number of amides is 2. The van der Waals surface area contributed by atoms with Crippen molar-refractivity contribution in [1.29, 1.82) is 5.26 Å². The average molecular weight is 362 g/mol. The van der Waals surface area contributed by atoms with E-state index in [1.54, 1.807) is 12.1 Å². The SMILES string of the molecule is N#Cc1cccc(CNC(=O)NCC2CCCCN2Cc2ccccc2)c1. The Hall–Kier alpha value is -2.84. The number of urea groups is 1. The Balaban J connectivity index is 1.47. The van der Waals surface area contributed by atoms with Crippen LogP contribution in [0.3, 0.4) is 0 Å². The number of hydrogen-bond acceptors (Lipinski definition) is 3. The molecular formula is C22H26N4O. The van der Waals surface area contributed by atoms with Gasteiger partial charge in [0.25, 0.3) is 0 Å². The van der Waals surface area contributed by atoms with E-state index in [0.29, 0.717) is 24.7 Å². The molecule has 1 saturated heterocycles. The van der Waals surface area contributed by atoms with Crippen LogP contribution in [0.15, 0.2) is 54.6 Å². The number of nitriles is 1. The van der Waals surface area contributed by atoms with Gasteiger partial charge in [-0.2, -0.15) is 5.26 Å². The molecule has 27 heavy (non-hydrogen) atoms. The molecule has 1 heterocycles. The van der Waals surface area contributed by atoms with Gasteiger partial charge in [-0.25, -0.2) is 4.79 Å². The number of benzene rings is 2. The van der Waals surface area contributed by atoms with E-state index in [2.05, 4.69) is 45.9 Å². The van der Waals surface area contributed by atoms with Crippen molar-refractivity contribution in [2.75, 3.05) is 13.1 Å². The van der Waals surface area contributed by atoms with E-state index in [1.807, 2.05) is 18.2 Å². The molecule has 0 saturated carbocycles. The molecule has 2 N–H and O–H groups in total. The topological polar surface area (TPSA) is 68.2 Å². The minimum atomic E-state index is -0.164. The highest BCUT2D eigenvalue weighted by Gasteiger charge is 2.22. The predicted octanol–water partition coefficient (Wildman–Crippen LogP) is 3.41. The van der Waals surface area contributed by atoms with E-state index >= 15 is 0 Å². The molecule has 2 aromatic carbocycles. The number of piperidine rings is 1. The summed E-state index contributed by atoms with van der Waals surface area (Å²) >= 11 is 0. The molecule has 3 rings (SSSR count). The van der Waals surface area contributed by atoms with Crippen LogP contribution in [0.2, 0.25) is 0 Å². The van der Waals surface area contributed by atoms with E-state index in [1.165, 1.54) is 18.4 Å². The molecule has 140 valence electrons. The Morgan fingerprint density at radius 3 is 2.70 bits per heavy atom. The molecule has 0 bridgehead atoms. The number of nitrogens with zero attached hydrogens (tertiary/aromatic N) is 2. The first-order chi connectivity index (χ1) is 13.2. The molecule has 2 aromatic rings. The molecule has 1 aliphatic rings. The van der Waals surface area contributed by atoms with Crippen LogP contribution >= 0.6 is 0 Å². The summed E-state index contributed by atoms with van der Waals surface area (Å²) < 4.78 is 0. The van der Waals surface area contributed by atoms with Crippen molar-refractivity contribution >= 4 is 6.03 Å². The normalized spacial score (nSPS) is 17.1. The zero-order valence-corrected chi connectivity index (χ0v) is 15.5. The van der Waals surface area contributed by atoms with Crippen molar-refractivity contribution in [2.45, 2.75) is 38.4 Å². The average Bonchev–Trinajstić information content (AvgIpc) is 2.72. The van der Waals surface area contributed by atoms with Crippen molar-refractivity contribution in [1.82, 2.24) is 15.5 Å². The lowest BCUT2D eigenvalue weighted by Gasteiger charge is -2.35. The van der Waals surface area contributed by atoms with Crippen molar-refractivity contribution in [2.24, 2.45) is 0 Å². The smallest absolute Gasteiger partial charge is 0.315 e. The van der Waals surface area contributed by atoms with Crippen LogP contribution in [0.25, 0.3) is 0 Å². The van der Waals surface area contributed by atoms with Crippen molar-refractivity contribution < 1.29 is 4.79 Å². The fourth-order valence-corrected chi connectivity index (χ4v) is 3.52. The van der Waals surface area contributed by atoms with Gasteiger partial charge in [-0.15, -0.1) is 0 Å². The second-order valence-corrected chi connectivity index (χ2v) is 6.98. The van der Waals surface area contributed by atoms with Gasteiger partial charge in [0, 0.05) is 25.7 Å². The highest BCUT2D eigenvalue weighted by atomic mass is 16.2. The third-order valence-corrected chi connectivity index (χ3v) is 4.98. The van der Waals surface area contributed by atoms with Crippen molar-refractivity contribution in [3.8, 4) is 6.07 Å². The highest BCUT2D eigenvalue weighted by molar-refractivity contribution is 5.73. The van der Waals surface area contributed by atoms with Crippen LogP contribution in [-0.4, -0.2) is 30.1 Å². The van der Waals surface area contributed by atoms with Crippen LogP contribution in [0.1, 0.15) is 36.0 Å². The van der Waals surface area contributed by atoms with Crippen LogP contribution in [-0.2, 0) is 13.1 Å². The molecule has 0 aliphatic carbocycles. The number of nitrogens with one attached hydrogen (secondary N) is 2. The Bertz CT molecular complexity index is 784. The molecule has 1 fully saturated rings. The monoisotopic (exact) mass is 362 g/mol. The Kier molecular flexibility index (Phi) is 6.84. The van der Waals surface area contributed by atoms with E-state index < -0.39 is 0 Å². The summed E-state index contributed by atoms with van der Waals surface area (Å²) in [4.78, 5) is 14.6. The molecular weight excluding hydrogens is 336 g/mol. The van der Waals surface area contributed by atoms with E-state index in [0.717, 1.165) is 25.1 Å². The molecule has 0 spiro atoms. The van der Waals surface area contributed by atoms with Crippen molar-refractivity contribution in [3.05, 3.63) is 71.3 Å². The third kappa shape index (κ3) is 5.83. The Labute approximate surface area is 161 Å². The number of hydrogen-bond donors (Lipinski definition) is 2. The minimum absolute atomic E-state index is 0.164. The maximum Gasteiger partial charge on any atom is 0.315 e. The lowest BCUT2D eigenvalue weighted by Crippen LogP contribution is -2.48. The second kappa shape index (κ2) is 9.75. The lowest BCUT2D eigenvalue weighted by molar-refractivity contribution is 0.138. The molecule has 1 aliphatic heterocycles. The summed E-state index contributed by atoms with van der Waals surface area (Å²) in [5.74, 6) is 0. The van der Waals surface area contributed by atoms with Gasteiger partial charge in [-0.05, 0) is 42.6 Å². The molecule has 1 atom stereocenters. The maximum atomic E-state index is 12.2.